The monoisotopic (exact) mass is 2100 g/mol. The second-order valence-corrected chi connectivity index (χ2v) is 23.3. The fourth-order valence-corrected chi connectivity index (χ4v) is 12.8. The summed E-state index contributed by atoms with van der Waals surface area (Å²) in [7, 11) is 0. The Morgan fingerprint density at radius 1 is 0.208 bits per heavy atom. The average Bonchev–Trinajstić information content (AvgIpc) is 4.13. The van der Waals surface area contributed by atoms with Crippen LogP contribution in [0.3, 0.4) is 0 Å². The number of fused-ring (bicyclic) bond motifs is 2. The zero-order valence-corrected chi connectivity index (χ0v) is 76.5. The molecule has 44 heteroatoms. The number of anilines is 2. The minimum atomic E-state index is -0.803. The molecule has 96 heavy (non-hydrogen) atoms. The third-order valence-corrected chi connectivity index (χ3v) is 19.0. The van der Waals surface area contributed by atoms with Crippen molar-refractivity contribution in [3.05, 3.63) is 201 Å². The minimum absolute atomic E-state index is 0. The van der Waals surface area contributed by atoms with Crippen molar-refractivity contribution in [3.8, 4) is 0 Å². The SMILES string of the molecule is [CH2-]c1c([S-])c([NH-])c([S-])c([NH-])c1[S-].[CH2-]c1c([S-])c([NH-])c([S-])c([NH-])c1[S-].[CH2-]c1c([S-])c([NH-])c2c(c1[S-])NC1(Nc3c([S-])c([NH-])c([S-])c([NH-])c3S1)S2.[CH3-].[CH3-].[CH3-].[CH3-].[CH3-].[CH3-].[CH3-].[CH3-].[CH3-].[CH3-].[CH3-].[CH3-].[NH-]c1c([S-])c([NH-])c([S-])c([NH-])c1[S-].[NH-]c1c([S-])c([NH-])c([S-])c([NH-])c1[S-].[Ni].[Ni].[Ni].[Ni].[Ni].[Ni].[Ni].[Ni].[Ni].[Ni].[Ni]. The number of benzene rings is 6. The van der Waals surface area contributed by atoms with Crippen LogP contribution >= 0.6 is 23.5 Å². The van der Waals surface area contributed by atoms with Crippen molar-refractivity contribution in [2.75, 3.05) is 10.6 Å². The van der Waals surface area contributed by atoms with E-state index in [1.807, 2.05) is 0 Å². The molecule has 602 valence electrons. The van der Waals surface area contributed by atoms with Crippen molar-refractivity contribution in [1.29, 1.82) is 0 Å². The largest absolute Gasteiger partial charge is 0.859 e. The number of rotatable bonds is 0. The molecule has 0 radical (unpaired) electrons. The molecule has 6 aromatic carbocycles. The molecule has 2 heterocycles. The molecule has 6 aromatic rings. The van der Waals surface area contributed by atoms with Gasteiger partial charge >= 0.3 is 0 Å². The first-order chi connectivity index (χ1) is 33.5. The quantitative estimate of drug-likeness (QED) is 0.0810. The maximum absolute atomic E-state index is 8.28. The summed E-state index contributed by atoms with van der Waals surface area (Å²) in [4.78, 5) is 4.10. The Labute approximate surface area is 784 Å². The fourth-order valence-electron chi connectivity index (χ4n) is 5.46. The van der Waals surface area contributed by atoms with Gasteiger partial charge in [0.25, 0.3) is 0 Å². The van der Waals surface area contributed by atoms with Crippen LogP contribution in [0.2, 0.25) is 0 Å². The molecule has 2 aliphatic heterocycles. The van der Waals surface area contributed by atoms with E-state index in [9.17, 15) is 0 Å². The summed E-state index contributed by atoms with van der Waals surface area (Å²) >= 11 is 81.4. The van der Waals surface area contributed by atoms with E-state index in [0.29, 0.717) is 52.5 Å². The third-order valence-electron chi connectivity index (χ3n) is 9.53. The van der Waals surface area contributed by atoms with Crippen LogP contribution in [-0.2, 0) is 383 Å². The van der Waals surface area contributed by atoms with E-state index >= 15 is 0 Å². The molecule has 8 rings (SSSR count). The Balaban J connectivity index is -0.0000000408. The Morgan fingerprint density at radius 3 is 0.531 bits per heavy atom. The Hall–Kier alpha value is 1.58. The van der Waals surface area contributed by atoms with E-state index in [1.54, 1.807) is 0 Å². The van der Waals surface area contributed by atoms with E-state index in [0.717, 1.165) is 0 Å². The summed E-state index contributed by atoms with van der Waals surface area (Å²) in [6.45, 7) is 11.0. The standard InChI is InChI=1S/C14H11N5S6.2C7H7N2S3.2C6H6N3S3.12CH3.11Ni/c1-2-8(20)4(16)12-6(9(2)21)18-14(24-12)19-7-11(23)3(15)10(22)5(17)13(7)25-14;2*1-2-5(10)3(8)7(12)4(9)6(2)11;2*7-1-4(10)2(8)6(12)3(9)5(1)11;;;;;;;;;;;;;;;;;;;;;;;/h15-23H,1H2;2*8-12H,1H2;2*7-12H;12*1H3;;;;;;;;;;;/q-4;4*-3;12*-1;;;;;;;;;;;/p-16. The molecule has 1 spiro atoms. The second kappa shape index (κ2) is 61.7. The molecule has 15 N–H and O–H groups in total. The molecule has 0 amide bonds. The van der Waals surface area contributed by atoms with Gasteiger partial charge in [-0.2, -0.15) is 44.7 Å². The summed E-state index contributed by atoms with van der Waals surface area (Å²) in [5, 5.41) is 6.57. The number of thioether (sulfide) groups is 2. The van der Waals surface area contributed by atoms with Gasteiger partial charge in [0.2, 0.25) is 4.33 Å². The van der Waals surface area contributed by atoms with Crippen LogP contribution in [0.5, 0.6) is 0 Å². The summed E-state index contributed by atoms with van der Waals surface area (Å²) in [5.74, 6) is 0. The van der Waals surface area contributed by atoms with Crippen LogP contribution < -0.4 is 10.6 Å². The Kier molecular flexibility index (Phi) is 97.2. The van der Waals surface area contributed by atoms with Gasteiger partial charge < -0.3 is 396 Å². The van der Waals surface area contributed by atoms with E-state index in [-0.39, 0.29) is 408 Å². The van der Waals surface area contributed by atoms with Crippen molar-refractivity contribution in [3.63, 3.8) is 0 Å². The molecule has 1 atom stereocenters. The van der Waals surface area contributed by atoms with Gasteiger partial charge in [-0.3, -0.25) is 9.79 Å². The molecule has 0 aliphatic carbocycles. The number of nitrogens with one attached hydrogen (secondary N) is 15. The molecular formula is C52H57N15Ni11S18-44. The van der Waals surface area contributed by atoms with Crippen LogP contribution in [0.1, 0.15) is 16.7 Å². The maximum Gasteiger partial charge on any atom is 0.214 e. The summed E-state index contributed by atoms with van der Waals surface area (Å²) in [6.07, 6.45) is 0. The minimum Gasteiger partial charge on any atom is -0.859 e. The van der Waals surface area contributed by atoms with Crippen molar-refractivity contribution >= 4 is 311 Å². The number of hydrogen-bond acceptors (Lipinski definition) is 20. The predicted molar refractivity (Wildman–Crippen MR) is 413 cm³/mol. The molecule has 0 bridgehead atoms. The molecule has 0 fully saturated rings. The van der Waals surface area contributed by atoms with Gasteiger partial charge in [0, 0.05) is 192 Å². The van der Waals surface area contributed by atoms with Gasteiger partial charge in [-0.15, -0.1) is 5.69 Å². The summed E-state index contributed by atoms with van der Waals surface area (Å²) in [6, 6.07) is 0. The molecule has 2 aliphatic rings. The zero-order chi connectivity index (χ0) is 56.1. The molecule has 0 saturated heterocycles. The van der Waals surface area contributed by atoms with Gasteiger partial charge in [0.05, 0.1) is 0 Å². The van der Waals surface area contributed by atoms with E-state index in [4.69, 9.17) is 277 Å². The van der Waals surface area contributed by atoms with Crippen LogP contribution in [0.15, 0.2) is 88.1 Å². The Morgan fingerprint density at radius 2 is 0.333 bits per heavy atom. The molecule has 15 nitrogen and oxygen atoms in total. The fraction of sp³-hybridized carbons (Fsp3) is 0.0192. The van der Waals surface area contributed by atoms with Gasteiger partial charge in [-0.1, -0.05) is 23.5 Å². The first kappa shape index (κ1) is 151. The van der Waals surface area contributed by atoms with Gasteiger partial charge in [0.1, 0.15) is 0 Å². The predicted octanol–water partition coefficient (Wildman–Crippen LogP) is 24.1. The van der Waals surface area contributed by atoms with Crippen LogP contribution in [-0.4, -0.2) is 4.33 Å². The van der Waals surface area contributed by atoms with Gasteiger partial charge in [-0.25, -0.2) is 110 Å². The van der Waals surface area contributed by atoms with E-state index in [1.165, 1.54) is 23.5 Å². The zero-order valence-electron chi connectivity index (χ0n) is 50.9. The summed E-state index contributed by atoms with van der Waals surface area (Å²) < 4.78 is -0.803. The van der Waals surface area contributed by atoms with E-state index < -0.39 is 4.33 Å². The van der Waals surface area contributed by atoms with Crippen LogP contribution in [0.25, 0.3) is 74.5 Å². The topological polar surface area (TPSA) is 333 Å². The second-order valence-electron chi connectivity index (χ2n) is 14.1. The van der Waals surface area contributed by atoms with Gasteiger partial charge in [0.15, 0.2) is 0 Å². The van der Waals surface area contributed by atoms with Gasteiger partial charge in [-0.05, 0) is 10.6 Å². The first-order valence-electron chi connectivity index (χ1n) is 18.4. The summed E-state index contributed by atoms with van der Waals surface area (Å²) in [5.41, 5.74) is 100. The van der Waals surface area contributed by atoms with Crippen molar-refractivity contribution in [2.24, 2.45) is 0 Å². The molecule has 1 unspecified atom stereocenters. The number of hydrogen-bond donors (Lipinski definition) is 2. The molecular weight excluding hydrogens is 2060 g/mol. The van der Waals surface area contributed by atoms with Crippen molar-refractivity contribution < 1.29 is 181 Å². The van der Waals surface area contributed by atoms with Crippen molar-refractivity contribution in [2.45, 2.75) is 92.4 Å². The Bertz CT molecular complexity index is 2460. The first-order valence-corrected chi connectivity index (χ1v) is 26.6. The van der Waals surface area contributed by atoms with Crippen LogP contribution in [0, 0.1) is 110 Å². The van der Waals surface area contributed by atoms with Crippen LogP contribution in [0.4, 0.5) is 85.3 Å². The molecule has 0 aromatic heterocycles. The third kappa shape index (κ3) is 31.2. The van der Waals surface area contributed by atoms with Crippen molar-refractivity contribution in [1.82, 2.24) is 0 Å². The molecule has 0 saturated carbocycles. The average molecular weight is 2110 g/mol. The normalized spacial score (nSPS) is 10.2. The maximum atomic E-state index is 8.28. The van der Waals surface area contributed by atoms with E-state index in [2.05, 4.69) is 31.4 Å². The smallest absolute Gasteiger partial charge is 0.214 e.